The number of aliphatic imine (C=N–C) groups is 1. The van der Waals surface area contributed by atoms with Crippen molar-refractivity contribution >= 4 is 17.9 Å². The predicted molar refractivity (Wildman–Crippen MR) is 109 cm³/mol. The third-order valence-electron chi connectivity index (χ3n) is 5.43. The van der Waals surface area contributed by atoms with Gasteiger partial charge < -0.3 is 9.94 Å². The van der Waals surface area contributed by atoms with E-state index in [2.05, 4.69) is 35.3 Å². The molecule has 0 bridgehead atoms. The second-order valence-electron chi connectivity index (χ2n) is 7.21. The van der Waals surface area contributed by atoms with Crippen LogP contribution < -0.4 is 0 Å². The van der Waals surface area contributed by atoms with Crippen LogP contribution in [0.15, 0.2) is 76.9 Å². The molecule has 142 valence electrons. The lowest BCUT2D eigenvalue weighted by Gasteiger charge is -2.26. The third-order valence-corrected chi connectivity index (χ3v) is 5.43. The summed E-state index contributed by atoms with van der Waals surface area (Å²) in [7, 11) is 0. The highest BCUT2D eigenvalue weighted by Crippen LogP contribution is 2.37. The molecule has 0 aliphatic carbocycles. The van der Waals surface area contributed by atoms with Gasteiger partial charge in [-0.25, -0.2) is 4.79 Å². The van der Waals surface area contributed by atoms with Crippen molar-refractivity contribution < 1.29 is 14.7 Å². The monoisotopic (exact) mass is 374 g/mol. The zero-order valence-electron chi connectivity index (χ0n) is 15.6. The number of nitrogens with zero attached hydrogens (tertiary/aromatic N) is 2. The summed E-state index contributed by atoms with van der Waals surface area (Å²) < 4.78 is 0. The maximum absolute atomic E-state index is 11.2. The minimum Gasteiger partial charge on any atom is -0.478 e. The van der Waals surface area contributed by atoms with E-state index in [1.807, 2.05) is 30.5 Å². The van der Waals surface area contributed by atoms with Crippen LogP contribution in [-0.4, -0.2) is 35.1 Å². The van der Waals surface area contributed by atoms with Gasteiger partial charge in [-0.05, 0) is 37.1 Å². The average Bonchev–Trinajstić information content (AvgIpc) is 3.14. The molecule has 5 heteroatoms. The van der Waals surface area contributed by atoms with Crippen molar-refractivity contribution in [2.24, 2.45) is 16.1 Å². The number of benzene rings is 2. The predicted octanol–water partition coefficient (Wildman–Crippen LogP) is 4.31. The van der Waals surface area contributed by atoms with E-state index >= 15 is 0 Å². The van der Waals surface area contributed by atoms with E-state index in [1.165, 1.54) is 0 Å². The SMILES string of the molecule is CC1N=CC=CC1CC1ON=C(c2ccc(C(=O)O)cc2)C1c1ccccc1. The van der Waals surface area contributed by atoms with Gasteiger partial charge in [0.15, 0.2) is 0 Å². The lowest BCUT2D eigenvalue weighted by Crippen LogP contribution is -2.28. The average molecular weight is 374 g/mol. The number of dihydropyridines is 1. The number of aromatic carboxylic acids is 1. The van der Waals surface area contributed by atoms with Crippen LogP contribution in [0.5, 0.6) is 0 Å². The Morgan fingerprint density at radius 2 is 1.86 bits per heavy atom. The molecular formula is C23H22N2O3. The second-order valence-corrected chi connectivity index (χ2v) is 7.21. The molecule has 4 rings (SSSR count). The summed E-state index contributed by atoms with van der Waals surface area (Å²) in [4.78, 5) is 21.5. The van der Waals surface area contributed by atoms with E-state index in [-0.39, 0.29) is 23.6 Å². The van der Waals surface area contributed by atoms with Gasteiger partial charge in [-0.3, -0.25) is 4.99 Å². The highest BCUT2D eigenvalue weighted by Gasteiger charge is 2.38. The van der Waals surface area contributed by atoms with Crippen molar-refractivity contribution in [1.29, 1.82) is 0 Å². The lowest BCUT2D eigenvalue weighted by atomic mass is 9.81. The first-order valence-electron chi connectivity index (χ1n) is 9.46. The van der Waals surface area contributed by atoms with Crippen molar-refractivity contribution in [3.8, 4) is 0 Å². The number of carboxylic acid groups (broad SMARTS) is 1. The number of allylic oxidation sites excluding steroid dienone is 1. The molecule has 0 aromatic heterocycles. The maximum Gasteiger partial charge on any atom is 0.335 e. The first-order chi connectivity index (χ1) is 13.6. The smallest absolute Gasteiger partial charge is 0.335 e. The van der Waals surface area contributed by atoms with Crippen molar-refractivity contribution in [3.63, 3.8) is 0 Å². The molecule has 4 unspecified atom stereocenters. The molecule has 0 spiro atoms. The first-order valence-corrected chi connectivity index (χ1v) is 9.46. The van der Waals surface area contributed by atoms with Gasteiger partial charge in [0.2, 0.25) is 0 Å². The van der Waals surface area contributed by atoms with Crippen LogP contribution in [0.3, 0.4) is 0 Å². The number of carbonyl (C=O) groups is 1. The highest BCUT2D eigenvalue weighted by atomic mass is 16.6. The number of hydrogen-bond acceptors (Lipinski definition) is 4. The van der Waals surface area contributed by atoms with E-state index in [1.54, 1.807) is 24.3 Å². The van der Waals surface area contributed by atoms with E-state index < -0.39 is 5.97 Å². The molecule has 0 radical (unpaired) electrons. The Labute approximate surface area is 164 Å². The zero-order chi connectivity index (χ0) is 19.5. The standard InChI is InChI=1S/C23H22N2O3/c1-15-19(8-5-13-24-15)14-20-21(16-6-3-2-4-7-16)22(25-28-20)17-9-11-18(12-10-17)23(26)27/h2-13,15,19-21H,14H2,1H3,(H,26,27). The Kier molecular flexibility index (Phi) is 5.06. The molecule has 2 aliphatic rings. The zero-order valence-corrected chi connectivity index (χ0v) is 15.6. The molecule has 2 aromatic rings. The minimum atomic E-state index is -0.938. The van der Waals surface area contributed by atoms with Gasteiger partial charge in [0.25, 0.3) is 0 Å². The van der Waals surface area contributed by atoms with E-state index in [0.29, 0.717) is 5.92 Å². The first kappa shape index (κ1) is 18.2. The Morgan fingerprint density at radius 1 is 1.11 bits per heavy atom. The molecule has 1 N–H and O–H groups in total. The van der Waals surface area contributed by atoms with Crippen LogP contribution in [0.1, 0.15) is 40.7 Å². The molecule has 4 atom stereocenters. The van der Waals surface area contributed by atoms with Crippen LogP contribution in [-0.2, 0) is 4.84 Å². The molecule has 0 amide bonds. The molecule has 0 saturated heterocycles. The molecule has 28 heavy (non-hydrogen) atoms. The summed E-state index contributed by atoms with van der Waals surface area (Å²) in [5.74, 6) is -0.652. The van der Waals surface area contributed by atoms with Crippen LogP contribution in [0, 0.1) is 5.92 Å². The maximum atomic E-state index is 11.2. The summed E-state index contributed by atoms with van der Waals surface area (Å²) in [6, 6.07) is 17.2. The van der Waals surface area contributed by atoms with Crippen LogP contribution >= 0.6 is 0 Å². The van der Waals surface area contributed by atoms with E-state index in [0.717, 1.165) is 23.3 Å². The Bertz CT molecular complexity index is 932. The van der Waals surface area contributed by atoms with Gasteiger partial charge >= 0.3 is 5.97 Å². The lowest BCUT2D eigenvalue weighted by molar-refractivity contribution is 0.0596. The van der Waals surface area contributed by atoms with Gasteiger partial charge in [-0.2, -0.15) is 0 Å². The normalized spacial score (nSPS) is 26.0. The summed E-state index contributed by atoms with van der Waals surface area (Å²) >= 11 is 0. The summed E-state index contributed by atoms with van der Waals surface area (Å²) in [6.45, 7) is 2.11. The number of oxime groups is 1. The van der Waals surface area contributed by atoms with Gasteiger partial charge in [0.05, 0.1) is 23.2 Å². The summed E-state index contributed by atoms with van der Waals surface area (Å²) in [5, 5.41) is 13.6. The highest BCUT2D eigenvalue weighted by molar-refractivity contribution is 6.06. The van der Waals surface area contributed by atoms with Crippen molar-refractivity contribution in [2.75, 3.05) is 0 Å². The van der Waals surface area contributed by atoms with E-state index in [9.17, 15) is 4.79 Å². The van der Waals surface area contributed by atoms with Gasteiger partial charge in [-0.1, -0.05) is 53.7 Å². The second kappa shape index (κ2) is 7.80. The van der Waals surface area contributed by atoms with Crippen molar-refractivity contribution in [2.45, 2.75) is 31.4 Å². The quantitative estimate of drug-likeness (QED) is 0.848. The molecule has 2 heterocycles. The fourth-order valence-electron chi connectivity index (χ4n) is 3.84. The van der Waals surface area contributed by atoms with Crippen molar-refractivity contribution in [3.05, 3.63) is 83.4 Å². The molecule has 0 saturated carbocycles. The van der Waals surface area contributed by atoms with Gasteiger partial charge in [-0.15, -0.1) is 0 Å². The van der Waals surface area contributed by atoms with Crippen molar-refractivity contribution in [1.82, 2.24) is 0 Å². The summed E-state index contributed by atoms with van der Waals surface area (Å²) in [6.07, 6.45) is 6.74. The molecular weight excluding hydrogens is 352 g/mol. The number of rotatable bonds is 5. The van der Waals surface area contributed by atoms with Gasteiger partial charge in [0.1, 0.15) is 6.10 Å². The molecule has 0 fully saturated rings. The Balaban J connectivity index is 1.63. The summed E-state index contributed by atoms with van der Waals surface area (Å²) in [5.41, 5.74) is 3.12. The fraction of sp³-hybridized carbons (Fsp3) is 0.261. The van der Waals surface area contributed by atoms with Crippen LogP contribution in [0.4, 0.5) is 0 Å². The van der Waals surface area contributed by atoms with Gasteiger partial charge in [0, 0.05) is 17.7 Å². The Morgan fingerprint density at radius 3 is 2.54 bits per heavy atom. The molecule has 2 aliphatic heterocycles. The third kappa shape index (κ3) is 3.60. The number of hydrogen-bond donors (Lipinski definition) is 1. The minimum absolute atomic E-state index is 0.0108. The molecule has 2 aromatic carbocycles. The topological polar surface area (TPSA) is 71.2 Å². The fourth-order valence-corrected chi connectivity index (χ4v) is 3.84. The largest absolute Gasteiger partial charge is 0.478 e. The van der Waals surface area contributed by atoms with Crippen LogP contribution in [0.25, 0.3) is 0 Å². The van der Waals surface area contributed by atoms with Crippen LogP contribution in [0.2, 0.25) is 0 Å². The Hall–Kier alpha value is -3.21. The number of carboxylic acids is 1. The molecule has 5 nitrogen and oxygen atoms in total. The van der Waals surface area contributed by atoms with E-state index in [4.69, 9.17) is 9.94 Å².